The van der Waals surface area contributed by atoms with Crippen LogP contribution in [0.5, 0.6) is 0 Å². The van der Waals surface area contributed by atoms with Gasteiger partial charge in [0.05, 0.1) is 17.9 Å². The van der Waals surface area contributed by atoms with Crippen LogP contribution in [0.2, 0.25) is 0 Å². The molecule has 0 radical (unpaired) electrons. The van der Waals surface area contributed by atoms with Gasteiger partial charge in [0, 0.05) is 5.56 Å². The molecule has 0 unspecified atom stereocenters. The Balaban J connectivity index is 1.66. The molecule has 9 heteroatoms. The number of nitrogens with one attached hydrogen (secondary N) is 1. The molecule has 178 valence electrons. The van der Waals surface area contributed by atoms with E-state index in [2.05, 4.69) is 15.0 Å². The van der Waals surface area contributed by atoms with E-state index < -0.39 is 17.6 Å². The van der Waals surface area contributed by atoms with Gasteiger partial charge in [-0.25, -0.2) is 24.1 Å². The number of esters is 1. The van der Waals surface area contributed by atoms with Crippen molar-refractivity contribution in [3.05, 3.63) is 101 Å². The Kier molecular flexibility index (Phi) is 5.87. The van der Waals surface area contributed by atoms with E-state index in [4.69, 9.17) is 10.5 Å². The second-order valence-electron chi connectivity index (χ2n) is 7.94. The van der Waals surface area contributed by atoms with Crippen LogP contribution in [0.3, 0.4) is 0 Å². The van der Waals surface area contributed by atoms with E-state index in [0.29, 0.717) is 11.3 Å². The number of fused-ring (bicyclic) bond motifs is 1. The lowest BCUT2D eigenvalue weighted by Crippen LogP contribution is -2.16. The maximum Gasteiger partial charge on any atom is 0.338 e. The molecule has 0 aliphatic rings. The van der Waals surface area contributed by atoms with Gasteiger partial charge in [0.25, 0.3) is 5.91 Å². The molecule has 0 saturated heterocycles. The molecule has 1 amide bonds. The lowest BCUT2D eigenvalue weighted by atomic mass is 10.0. The molecular formula is C27H21N5O4. The Morgan fingerprint density at radius 3 is 2.31 bits per heavy atom. The number of amides is 1. The lowest BCUT2D eigenvalue weighted by molar-refractivity contribution is 0.0526. The Morgan fingerprint density at radius 2 is 1.61 bits per heavy atom. The number of carbonyl (C=O) groups is 2. The number of hydrogen-bond donors (Lipinski definition) is 2. The summed E-state index contributed by atoms with van der Waals surface area (Å²) in [5.41, 5.74) is 8.55. The van der Waals surface area contributed by atoms with Crippen LogP contribution in [-0.4, -0.2) is 38.0 Å². The molecule has 2 aromatic heterocycles. The highest BCUT2D eigenvalue weighted by molar-refractivity contribution is 6.02. The maximum absolute atomic E-state index is 12.9. The van der Waals surface area contributed by atoms with Crippen molar-refractivity contribution in [2.24, 2.45) is 5.73 Å². The molecule has 3 N–H and O–H groups in total. The SMILES string of the molecule is CCOC(=O)c1cccc(-n2c(=O)[nH]c3c(C(N)=O)nc(-c4ccc(-c5ccccc5)cc4)nc32)c1. The third-order valence-electron chi connectivity index (χ3n) is 5.64. The smallest absolute Gasteiger partial charge is 0.338 e. The van der Waals surface area contributed by atoms with Crippen molar-refractivity contribution in [1.82, 2.24) is 19.5 Å². The lowest BCUT2D eigenvalue weighted by Gasteiger charge is -2.08. The number of carbonyl (C=O) groups excluding carboxylic acids is 2. The van der Waals surface area contributed by atoms with E-state index >= 15 is 0 Å². The number of aromatic amines is 1. The summed E-state index contributed by atoms with van der Waals surface area (Å²) in [5.74, 6) is -1.10. The van der Waals surface area contributed by atoms with Crippen molar-refractivity contribution in [2.75, 3.05) is 6.61 Å². The fourth-order valence-electron chi connectivity index (χ4n) is 3.96. The monoisotopic (exact) mass is 479 g/mol. The zero-order valence-electron chi connectivity index (χ0n) is 19.3. The fourth-order valence-corrected chi connectivity index (χ4v) is 3.96. The first-order chi connectivity index (χ1) is 17.5. The van der Waals surface area contributed by atoms with Crippen LogP contribution in [0.4, 0.5) is 0 Å². The Morgan fingerprint density at radius 1 is 0.917 bits per heavy atom. The standard InChI is InChI=1S/C27H21N5O4/c1-2-36-26(34)19-9-6-10-20(15-19)32-25-22(30-27(32)35)21(23(28)33)29-24(31-25)18-13-11-17(12-14-18)16-7-4-3-5-8-16/h3-15H,2H2,1H3,(H2,28,33)(H,30,35). The number of ether oxygens (including phenoxy) is 1. The molecule has 0 spiro atoms. The summed E-state index contributed by atoms with van der Waals surface area (Å²) in [6.45, 7) is 1.93. The molecule has 0 aliphatic carbocycles. The van der Waals surface area contributed by atoms with Crippen LogP contribution in [0.1, 0.15) is 27.8 Å². The van der Waals surface area contributed by atoms with E-state index in [1.807, 2.05) is 54.6 Å². The van der Waals surface area contributed by atoms with Gasteiger partial charge < -0.3 is 15.5 Å². The predicted octanol–water partition coefficient (Wildman–Crippen LogP) is 3.72. The molecule has 0 aliphatic heterocycles. The molecule has 3 aromatic carbocycles. The number of nitrogens with zero attached hydrogens (tertiary/aromatic N) is 3. The van der Waals surface area contributed by atoms with E-state index in [1.54, 1.807) is 25.1 Å². The minimum Gasteiger partial charge on any atom is -0.462 e. The molecule has 0 bridgehead atoms. The van der Waals surface area contributed by atoms with Gasteiger partial charge in [-0.1, -0.05) is 60.7 Å². The second-order valence-corrected chi connectivity index (χ2v) is 7.94. The van der Waals surface area contributed by atoms with Crippen molar-refractivity contribution in [1.29, 1.82) is 0 Å². The van der Waals surface area contributed by atoms with E-state index in [-0.39, 0.29) is 34.9 Å². The molecule has 2 heterocycles. The quantitative estimate of drug-likeness (QED) is 0.357. The van der Waals surface area contributed by atoms with Gasteiger partial charge in [0.15, 0.2) is 17.2 Å². The summed E-state index contributed by atoms with van der Waals surface area (Å²) in [6, 6.07) is 23.8. The highest BCUT2D eigenvalue weighted by Crippen LogP contribution is 2.25. The zero-order chi connectivity index (χ0) is 25.2. The normalized spacial score (nSPS) is 10.9. The minimum atomic E-state index is -0.807. The maximum atomic E-state index is 12.9. The van der Waals surface area contributed by atoms with Crippen molar-refractivity contribution in [3.63, 3.8) is 0 Å². The minimum absolute atomic E-state index is 0.110. The number of benzene rings is 3. The number of imidazole rings is 1. The molecule has 0 saturated carbocycles. The second kappa shape index (κ2) is 9.30. The van der Waals surface area contributed by atoms with Gasteiger partial charge in [0.1, 0.15) is 5.52 Å². The summed E-state index contributed by atoms with van der Waals surface area (Å²) >= 11 is 0. The van der Waals surface area contributed by atoms with Gasteiger partial charge in [-0.2, -0.15) is 0 Å². The summed E-state index contributed by atoms with van der Waals surface area (Å²) in [7, 11) is 0. The average Bonchev–Trinajstić information content (AvgIpc) is 3.24. The highest BCUT2D eigenvalue weighted by atomic mass is 16.5. The first kappa shape index (κ1) is 22.7. The topological polar surface area (TPSA) is 133 Å². The van der Waals surface area contributed by atoms with Crippen LogP contribution >= 0.6 is 0 Å². The number of H-pyrrole nitrogens is 1. The van der Waals surface area contributed by atoms with Crippen molar-refractivity contribution < 1.29 is 14.3 Å². The molecule has 0 fully saturated rings. The summed E-state index contributed by atoms with van der Waals surface area (Å²) < 4.78 is 6.34. The van der Waals surface area contributed by atoms with Crippen LogP contribution in [0, 0.1) is 0 Å². The van der Waals surface area contributed by atoms with Crippen LogP contribution in [0.15, 0.2) is 83.7 Å². The van der Waals surface area contributed by atoms with Crippen molar-refractivity contribution in [2.45, 2.75) is 6.92 Å². The van der Waals surface area contributed by atoms with Gasteiger partial charge in [-0.15, -0.1) is 0 Å². The molecule has 9 nitrogen and oxygen atoms in total. The molecule has 36 heavy (non-hydrogen) atoms. The molecule has 5 rings (SSSR count). The Bertz CT molecular complexity index is 1650. The van der Waals surface area contributed by atoms with Gasteiger partial charge in [0.2, 0.25) is 0 Å². The molecular weight excluding hydrogens is 458 g/mol. The largest absolute Gasteiger partial charge is 0.462 e. The Labute approximate surface area is 205 Å². The predicted molar refractivity (Wildman–Crippen MR) is 135 cm³/mol. The first-order valence-electron chi connectivity index (χ1n) is 11.2. The van der Waals surface area contributed by atoms with E-state index in [0.717, 1.165) is 11.1 Å². The summed E-state index contributed by atoms with van der Waals surface area (Å²) in [6.07, 6.45) is 0. The Hall–Kier alpha value is -5.05. The van der Waals surface area contributed by atoms with Gasteiger partial charge >= 0.3 is 11.7 Å². The first-order valence-corrected chi connectivity index (χ1v) is 11.2. The highest BCUT2D eigenvalue weighted by Gasteiger charge is 2.21. The zero-order valence-corrected chi connectivity index (χ0v) is 19.3. The number of rotatable bonds is 6. The van der Waals surface area contributed by atoms with E-state index in [9.17, 15) is 14.4 Å². The summed E-state index contributed by atoms with van der Waals surface area (Å²) in [5, 5.41) is 0. The number of primary amides is 1. The number of hydrogen-bond acceptors (Lipinski definition) is 6. The third-order valence-corrected chi connectivity index (χ3v) is 5.64. The van der Waals surface area contributed by atoms with Gasteiger partial charge in [-0.05, 0) is 36.2 Å². The van der Waals surface area contributed by atoms with E-state index in [1.165, 1.54) is 10.6 Å². The van der Waals surface area contributed by atoms with Crippen molar-refractivity contribution >= 4 is 23.0 Å². The number of nitrogens with two attached hydrogens (primary N) is 1. The van der Waals surface area contributed by atoms with Gasteiger partial charge in [-0.3, -0.25) is 4.79 Å². The average molecular weight is 479 g/mol. The third kappa shape index (κ3) is 4.14. The summed E-state index contributed by atoms with van der Waals surface area (Å²) in [4.78, 5) is 49.0. The van der Waals surface area contributed by atoms with Crippen LogP contribution in [-0.2, 0) is 4.74 Å². The molecule has 5 aromatic rings. The van der Waals surface area contributed by atoms with Crippen molar-refractivity contribution in [3.8, 4) is 28.2 Å². The fraction of sp³-hybridized carbons (Fsp3) is 0.0741. The van der Waals surface area contributed by atoms with Crippen LogP contribution in [0.25, 0.3) is 39.4 Å². The number of aromatic nitrogens is 4. The van der Waals surface area contributed by atoms with Crippen LogP contribution < -0.4 is 11.4 Å². The molecule has 0 atom stereocenters.